The van der Waals surface area contributed by atoms with Crippen molar-refractivity contribution in [2.75, 3.05) is 26.7 Å². The zero-order valence-corrected chi connectivity index (χ0v) is 14.5. The molecule has 3 rings (SSSR count). The van der Waals surface area contributed by atoms with E-state index in [2.05, 4.69) is 10.3 Å². The van der Waals surface area contributed by atoms with E-state index in [0.29, 0.717) is 5.92 Å². The highest BCUT2D eigenvalue weighted by molar-refractivity contribution is 7.13. The first kappa shape index (κ1) is 16.1. The fourth-order valence-corrected chi connectivity index (χ4v) is 3.95. The van der Waals surface area contributed by atoms with E-state index in [1.807, 2.05) is 48.5 Å². The van der Waals surface area contributed by atoms with Gasteiger partial charge in [0.2, 0.25) is 0 Å². The van der Waals surface area contributed by atoms with Gasteiger partial charge in [-0.15, -0.1) is 11.3 Å². The lowest BCUT2D eigenvalue weighted by Gasteiger charge is -2.32. The molecule has 1 aliphatic rings. The van der Waals surface area contributed by atoms with E-state index in [1.165, 1.54) is 6.42 Å². The molecule has 122 valence electrons. The molecule has 2 heterocycles. The van der Waals surface area contributed by atoms with Crippen LogP contribution in [0.5, 0.6) is 0 Å². The van der Waals surface area contributed by atoms with Crippen LogP contribution in [0.3, 0.4) is 0 Å². The third-order valence-electron chi connectivity index (χ3n) is 4.27. The maximum atomic E-state index is 12.8. The first-order chi connectivity index (χ1) is 11.2. The molecule has 2 aromatic rings. The molecule has 1 fully saturated rings. The molecule has 1 aromatic carbocycles. The molecule has 23 heavy (non-hydrogen) atoms. The number of aryl methyl sites for hydroxylation is 1. The number of hydrogen-bond acceptors (Lipinski definition) is 4. The summed E-state index contributed by atoms with van der Waals surface area (Å²) in [7, 11) is 1.97. The van der Waals surface area contributed by atoms with E-state index in [9.17, 15) is 4.79 Å². The second-order valence-corrected chi connectivity index (χ2v) is 7.05. The van der Waals surface area contributed by atoms with Crippen molar-refractivity contribution in [3.05, 3.63) is 40.9 Å². The van der Waals surface area contributed by atoms with Gasteiger partial charge >= 0.3 is 0 Å². The van der Waals surface area contributed by atoms with E-state index in [4.69, 9.17) is 0 Å². The number of nitrogens with one attached hydrogen (secondary N) is 1. The van der Waals surface area contributed by atoms with Crippen molar-refractivity contribution >= 4 is 17.2 Å². The molecule has 0 radical (unpaired) electrons. The maximum absolute atomic E-state index is 12.8. The Morgan fingerprint density at radius 3 is 3.09 bits per heavy atom. The first-order valence-electron chi connectivity index (χ1n) is 8.14. The minimum atomic E-state index is 0.140. The highest BCUT2D eigenvalue weighted by Gasteiger charge is 2.24. The van der Waals surface area contributed by atoms with E-state index < -0.39 is 0 Å². The first-order valence-corrected chi connectivity index (χ1v) is 9.02. The second-order valence-electron chi connectivity index (χ2n) is 6.19. The van der Waals surface area contributed by atoms with Gasteiger partial charge in [0.15, 0.2) is 0 Å². The average Bonchev–Trinajstić information content (AvgIpc) is 3.01. The van der Waals surface area contributed by atoms with Crippen LogP contribution in [0.2, 0.25) is 0 Å². The van der Waals surface area contributed by atoms with E-state index in [-0.39, 0.29) is 5.91 Å². The predicted molar refractivity (Wildman–Crippen MR) is 94.8 cm³/mol. The number of nitrogens with zero attached hydrogens (tertiary/aromatic N) is 2. The van der Waals surface area contributed by atoms with Gasteiger partial charge in [0.1, 0.15) is 5.01 Å². The second kappa shape index (κ2) is 7.23. The van der Waals surface area contributed by atoms with Gasteiger partial charge in [-0.05, 0) is 51.4 Å². The Hall–Kier alpha value is -1.72. The molecule has 1 unspecified atom stereocenters. The molecule has 5 heteroatoms. The fourth-order valence-electron chi connectivity index (χ4n) is 3.16. The Labute approximate surface area is 141 Å². The number of carbonyl (C=O) groups is 1. The topological polar surface area (TPSA) is 45.2 Å². The maximum Gasteiger partial charge on any atom is 0.253 e. The Bertz CT molecular complexity index is 680. The minimum Gasteiger partial charge on any atom is -0.338 e. The van der Waals surface area contributed by atoms with Crippen LogP contribution in [0.4, 0.5) is 0 Å². The van der Waals surface area contributed by atoms with E-state index in [1.54, 1.807) is 11.3 Å². The zero-order valence-electron chi connectivity index (χ0n) is 13.7. The Kier molecular flexibility index (Phi) is 5.08. The van der Waals surface area contributed by atoms with Crippen molar-refractivity contribution in [2.45, 2.75) is 19.8 Å². The highest BCUT2D eigenvalue weighted by atomic mass is 32.1. The standard InChI is InChI=1S/C18H23N3OS/c1-13-12-23-17(20-13)15-6-3-7-16(9-15)18(22)21-8-4-5-14(11-21)10-19-2/h3,6-7,9,12,14,19H,4-5,8,10-11H2,1-2H3. The van der Waals surface area contributed by atoms with Crippen LogP contribution in [0, 0.1) is 12.8 Å². The monoisotopic (exact) mass is 329 g/mol. The average molecular weight is 329 g/mol. The molecule has 1 amide bonds. The van der Waals surface area contributed by atoms with Crippen LogP contribution in [-0.2, 0) is 0 Å². The summed E-state index contributed by atoms with van der Waals surface area (Å²) in [5, 5.41) is 6.24. The molecular formula is C18H23N3OS. The molecule has 1 N–H and O–H groups in total. The van der Waals surface area contributed by atoms with Gasteiger partial charge < -0.3 is 10.2 Å². The lowest BCUT2D eigenvalue weighted by atomic mass is 9.97. The molecule has 1 aliphatic heterocycles. The molecule has 4 nitrogen and oxygen atoms in total. The molecular weight excluding hydrogens is 306 g/mol. The third-order valence-corrected chi connectivity index (χ3v) is 5.28. The van der Waals surface area contributed by atoms with Crippen molar-refractivity contribution in [1.82, 2.24) is 15.2 Å². The normalized spacial score (nSPS) is 18.2. The molecule has 1 atom stereocenters. The zero-order chi connectivity index (χ0) is 16.2. The van der Waals surface area contributed by atoms with Crippen molar-refractivity contribution in [3.8, 4) is 10.6 Å². The SMILES string of the molecule is CNCC1CCCN(C(=O)c2cccc(-c3nc(C)cs3)c2)C1. The van der Waals surface area contributed by atoms with Gasteiger partial charge in [-0.2, -0.15) is 0 Å². The summed E-state index contributed by atoms with van der Waals surface area (Å²) in [5.74, 6) is 0.698. The summed E-state index contributed by atoms with van der Waals surface area (Å²) in [4.78, 5) is 19.3. The van der Waals surface area contributed by atoms with E-state index >= 15 is 0 Å². The Morgan fingerprint density at radius 1 is 1.48 bits per heavy atom. The van der Waals surface area contributed by atoms with Gasteiger partial charge in [0, 0.05) is 35.3 Å². The highest BCUT2D eigenvalue weighted by Crippen LogP contribution is 2.25. The summed E-state index contributed by atoms with van der Waals surface area (Å²) in [6.07, 6.45) is 2.28. The summed E-state index contributed by atoms with van der Waals surface area (Å²) in [6.45, 7) is 4.67. The Balaban J connectivity index is 1.77. The third kappa shape index (κ3) is 3.79. The quantitative estimate of drug-likeness (QED) is 0.937. The summed E-state index contributed by atoms with van der Waals surface area (Å²) >= 11 is 1.62. The number of hydrogen-bond donors (Lipinski definition) is 1. The number of benzene rings is 1. The van der Waals surface area contributed by atoms with Gasteiger partial charge in [-0.1, -0.05) is 12.1 Å². The number of piperidine rings is 1. The van der Waals surface area contributed by atoms with Crippen LogP contribution >= 0.6 is 11.3 Å². The molecule has 0 saturated carbocycles. The number of rotatable bonds is 4. The van der Waals surface area contributed by atoms with Crippen LogP contribution in [0.25, 0.3) is 10.6 Å². The number of carbonyl (C=O) groups excluding carboxylic acids is 1. The smallest absolute Gasteiger partial charge is 0.253 e. The van der Waals surface area contributed by atoms with Gasteiger partial charge in [0.05, 0.1) is 0 Å². The van der Waals surface area contributed by atoms with Crippen LogP contribution in [-0.4, -0.2) is 42.5 Å². The van der Waals surface area contributed by atoms with Gasteiger partial charge in [-0.25, -0.2) is 4.98 Å². The lowest BCUT2D eigenvalue weighted by Crippen LogP contribution is -2.42. The minimum absolute atomic E-state index is 0.140. The summed E-state index contributed by atoms with van der Waals surface area (Å²) in [5.41, 5.74) is 2.81. The van der Waals surface area contributed by atoms with Gasteiger partial charge in [-0.3, -0.25) is 4.79 Å². The largest absolute Gasteiger partial charge is 0.338 e. The summed E-state index contributed by atoms with van der Waals surface area (Å²) < 4.78 is 0. The van der Waals surface area contributed by atoms with Crippen LogP contribution in [0.1, 0.15) is 28.9 Å². The Morgan fingerprint density at radius 2 is 2.35 bits per heavy atom. The lowest BCUT2D eigenvalue weighted by molar-refractivity contribution is 0.0674. The predicted octanol–water partition coefficient (Wildman–Crippen LogP) is 3.19. The van der Waals surface area contributed by atoms with Crippen molar-refractivity contribution in [2.24, 2.45) is 5.92 Å². The summed E-state index contributed by atoms with van der Waals surface area (Å²) in [6, 6.07) is 7.86. The molecule has 0 aliphatic carbocycles. The van der Waals surface area contributed by atoms with Crippen LogP contribution < -0.4 is 5.32 Å². The number of amides is 1. The molecule has 1 aromatic heterocycles. The van der Waals surface area contributed by atoms with E-state index in [0.717, 1.165) is 47.9 Å². The number of likely N-dealkylation sites (tertiary alicyclic amines) is 1. The van der Waals surface area contributed by atoms with Crippen molar-refractivity contribution < 1.29 is 4.79 Å². The van der Waals surface area contributed by atoms with Gasteiger partial charge in [0.25, 0.3) is 5.91 Å². The molecule has 0 spiro atoms. The van der Waals surface area contributed by atoms with Crippen molar-refractivity contribution in [3.63, 3.8) is 0 Å². The molecule has 0 bridgehead atoms. The van der Waals surface area contributed by atoms with Crippen molar-refractivity contribution in [1.29, 1.82) is 0 Å². The fraction of sp³-hybridized carbons (Fsp3) is 0.444. The van der Waals surface area contributed by atoms with Crippen LogP contribution in [0.15, 0.2) is 29.6 Å². The number of thiazole rings is 1. The number of aromatic nitrogens is 1. The molecule has 1 saturated heterocycles.